The number of amides is 1. The van der Waals surface area contributed by atoms with Crippen molar-refractivity contribution in [2.45, 2.75) is 0 Å². The quantitative estimate of drug-likeness (QED) is 0.860. The highest BCUT2D eigenvalue weighted by Crippen LogP contribution is 2.17. The molecule has 0 aliphatic rings. The Kier molecular flexibility index (Phi) is 4.38. The monoisotopic (exact) mass is 289 g/mol. The molecule has 0 radical (unpaired) electrons. The van der Waals surface area contributed by atoms with E-state index in [4.69, 9.17) is 22.1 Å². The second-order valence-corrected chi connectivity index (χ2v) is 4.55. The van der Waals surface area contributed by atoms with Crippen molar-refractivity contribution < 1.29 is 14.3 Å². The number of hydrogen-bond donors (Lipinski definition) is 1. The van der Waals surface area contributed by atoms with Crippen molar-refractivity contribution in [3.05, 3.63) is 64.7 Å². The maximum absolute atomic E-state index is 12.2. The molecule has 0 unspecified atom stereocenters. The summed E-state index contributed by atoms with van der Waals surface area (Å²) in [7, 11) is 0. The number of carbonyl (C=O) groups excluding carboxylic acids is 2. The number of benzene rings is 2. The first kappa shape index (κ1) is 14.1. The Labute approximate surface area is 121 Å². The second kappa shape index (κ2) is 6.21. The zero-order chi connectivity index (χ0) is 14.5. The van der Waals surface area contributed by atoms with Crippen LogP contribution in [0.5, 0.6) is 5.75 Å². The Morgan fingerprint density at radius 1 is 0.950 bits per heavy atom. The van der Waals surface area contributed by atoms with E-state index in [1.165, 1.54) is 0 Å². The Morgan fingerprint density at radius 2 is 1.45 bits per heavy atom. The normalized spacial score (nSPS) is 10.1. The molecule has 2 aromatic carbocycles. The van der Waals surface area contributed by atoms with Gasteiger partial charge in [-0.2, -0.15) is 0 Å². The molecule has 0 bridgehead atoms. The van der Waals surface area contributed by atoms with E-state index < -0.39 is 5.91 Å². The molecule has 0 atom stereocenters. The molecule has 4 nitrogen and oxygen atoms in total. The molecule has 20 heavy (non-hydrogen) atoms. The minimum atomic E-state index is -0.550. The highest BCUT2D eigenvalue weighted by atomic mass is 35.5. The van der Waals surface area contributed by atoms with Gasteiger partial charge in [0.15, 0.2) is 12.4 Å². The molecule has 2 rings (SSSR count). The summed E-state index contributed by atoms with van der Waals surface area (Å²) in [5.74, 6) is -0.175. The van der Waals surface area contributed by atoms with E-state index in [0.717, 1.165) is 0 Å². The average molecular weight is 290 g/mol. The minimum Gasteiger partial charge on any atom is -0.484 e. The van der Waals surface area contributed by atoms with Crippen molar-refractivity contribution in [3.8, 4) is 5.75 Å². The smallest absolute Gasteiger partial charge is 0.255 e. The summed E-state index contributed by atoms with van der Waals surface area (Å²) in [5.41, 5.74) is 6.06. The van der Waals surface area contributed by atoms with E-state index in [-0.39, 0.29) is 12.4 Å². The van der Waals surface area contributed by atoms with E-state index in [0.29, 0.717) is 21.9 Å². The van der Waals surface area contributed by atoms with Gasteiger partial charge in [-0.3, -0.25) is 9.59 Å². The van der Waals surface area contributed by atoms with Crippen molar-refractivity contribution in [3.63, 3.8) is 0 Å². The predicted molar refractivity (Wildman–Crippen MR) is 76.0 cm³/mol. The van der Waals surface area contributed by atoms with Crippen LogP contribution in [0.15, 0.2) is 48.5 Å². The van der Waals surface area contributed by atoms with Crippen LogP contribution in [-0.4, -0.2) is 18.3 Å². The van der Waals surface area contributed by atoms with Crippen molar-refractivity contribution in [2.75, 3.05) is 6.61 Å². The maximum Gasteiger partial charge on any atom is 0.255 e. The fourth-order valence-corrected chi connectivity index (χ4v) is 1.75. The lowest BCUT2D eigenvalue weighted by atomic mass is 10.0. The molecule has 1 amide bonds. The molecule has 0 heterocycles. The summed E-state index contributed by atoms with van der Waals surface area (Å²) in [4.78, 5) is 22.8. The predicted octanol–water partition coefficient (Wildman–Crippen LogP) is 2.44. The third kappa shape index (κ3) is 3.59. The van der Waals surface area contributed by atoms with Gasteiger partial charge in [0.2, 0.25) is 0 Å². The number of hydrogen-bond acceptors (Lipinski definition) is 3. The Bertz CT molecular complexity index is 621. The van der Waals surface area contributed by atoms with E-state index in [2.05, 4.69) is 0 Å². The number of carbonyl (C=O) groups is 2. The standard InChI is InChI=1S/C15H12ClNO3/c16-12-5-1-10(2-6-12)15(19)11-3-7-13(8-4-11)20-9-14(17)18/h1-8H,9H2,(H2,17,18). The van der Waals surface area contributed by atoms with Gasteiger partial charge < -0.3 is 10.5 Å². The van der Waals surface area contributed by atoms with Crippen LogP contribution in [0.2, 0.25) is 5.02 Å². The fourth-order valence-electron chi connectivity index (χ4n) is 1.62. The van der Waals surface area contributed by atoms with Gasteiger partial charge in [0, 0.05) is 16.1 Å². The SMILES string of the molecule is NC(=O)COc1ccc(C(=O)c2ccc(Cl)cc2)cc1. The number of ether oxygens (including phenoxy) is 1. The summed E-state index contributed by atoms with van der Waals surface area (Å²) >= 11 is 5.78. The van der Waals surface area contributed by atoms with Gasteiger partial charge >= 0.3 is 0 Å². The first-order chi connectivity index (χ1) is 9.56. The zero-order valence-electron chi connectivity index (χ0n) is 10.5. The van der Waals surface area contributed by atoms with Gasteiger partial charge in [-0.15, -0.1) is 0 Å². The lowest BCUT2D eigenvalue weighted by Crippen LogP contribution is -2.20. The third-order valence-electron chi connectivity index (χ3n) is 2.60. The lowest BCUT2D eigenvalue weighted by Gasteiger charge is -2.05. The summed E-state index contributed by atoms with van der Waals surface area (Å²) < 4.78 is 5.12. The van der Waals surface area contributed by atoms with Crippen molar-refractivity contribution in [1.82, 2.24) is 0 Å². The zero-order valence-corrected chi connectivity index (χ0v) is 11.3. The summed E-state index contributed by atoms with van der Waals surface area (Å²) in [6, 6.07) is 13.2. The third-order valence-corrected chi connectivity index (χ3v) is 2.86. The highest BCUT2D eigenvalue weighted by Gasteiger charge is 2.09. The number of ketones is 1. The first-order valence-corrected chi connectivity index (χ1v) is 6.25. The molecular formula is C15H12ClNO3. The lowest BCUT2D eigenvalue weighted by molar-refractivity contribution is -0.119. The Hall–Kier alpha value is -2.33. The molecule has 0 aliphatic heterocycles. The van der Waals surface area contributed by atoms with E-state index in [1.54, 1.807) is 48.5 Å². The van der Waals surface area contributed by atoms with Crippen LogP contribution in [0.4, 0.5) is 0 Å². The average Bonchev–Trinajstić information content (AvgIpc) is 2.46. The number of halogens is 1. The van der Waals surface area contributed by atoms with Crippen molar-refractivity contribution in [1.29, 1.82) is 0 Å². The van der Waals surface area contributed by atoms with Crippen molar-refractivity contribution in [2.24, 2.45) is 5.73 Å². The number of rotatable bonds is 5. The van der Waals surface area contributed by atoms with Crippen LogP contribution in [-0.2, 0) is 4.79 Å². The van der Waals surface area contributed by atoms with Crippen molar-refractivity contribution >= 4 is 23.3 Å². The molecule has 2 aromatic rings. The Balaban J connectivity index is 2.11. The largest absolute Gasteiger partial charge is 0.484 e. The van der Waals surface area contributed by atoms with Crippen LogP contribution in [0.25, 0.3) is 0 Å². The second-order valence-electron chi connectivity index (χ2n) is 4.12. The molecule has 0 saturated heterocycles. The molecular weight excluding hydrogens is 278 g/mol. The highest BCUT2D eigenvalue weighted by molar-refractivity contribution is 6.30. The van der Waals surface area contributed by atoms with Gasteiger partial charge in [-0.05, 0) is 48.5 Å². The van der Waals surface area contributed by atoms with E-state index in [1.807, 2.05) is 0 Å². The van der Waals surface area contributed by atoms with Crippen LogP contribution < -0.4 is 10.5 Å². The molecule has 0 aromatic heterocycles. The maximum atomic E-state index is 12.2. The number of nitrogens with two attached hydrogens (primary N) is 1. The van der Waals surface area contributed by atoms with Gasteiger partial charge in [-0.1, -0.05) is 11.6 Å². The van der Waals surface area contributed by atoms with Crippen LogP contribution in [0.3, 0.4) is 0 Å². The molecule has 102 valence electrons. The Morgan fingerprint density at radius 3 is 1.95 bits per heavy atom. The van der Waals surface area contributed by atoms with Gasteiger partial charge in [0.05, 0.1) is 0 Å². The summed E-state index contributed by atoms with van der Waals surface area (Å²) in [6.45, 7) is -0.190. The molecule has 0 aliphatic carbocycles. The van der Waals surface area contributed by atoms with E-state index in [9.17, 15) is 9.59 Å². The molecule has 0 fully saturated rings. The molecule has 2 N–H and O–H groups in total. The molecule has 0 saturated carbocycles. The summed E-state index contributed by atoms with van der Waals surface area (Å²) in [5, 5.41) is 0.580. The van der Waals surface area contributed by atoms with Crippen LogP contribution in [0.1, 0.15) is 15.9 Å². The number of primary amides is 1. The topological polar surface area (TPSA) is 69.4 Å². The van der Waals surface area contributed by atoms with Gasteiger partial charge in [-0.25, -0.2) is 0 Å². The fraction of sp³-hybridized carbons (Fsp3) is 0.0667. The summed E-state index contributed by atoms with van der Waals surface area (Å²) in [6.07, 6.45) is 0. The van der Waals surface area contributed by atoms with Crippen LogP contribution in [0, 0.1) is 0 Å². The van der Waals surface area contributed by atoms with Gasteiger partial charge in [0.25, 0.3) is 5.91 Å². The molecule has 0 spiro atoms. The van der Waals surface area contributed by atoms with Crippen LogP contribution >= 0.6 is 11.6 Å². The molecule has 5 heteroatoms. The minimum absolute atomic E-state index is 0.108. The van der Waals surface area contributed by atoms with Gasteiger partial charge in [0.1, 0.15) is 5.75 Å². The van der Waals surface area contributed by atoms with E-state index >= 15 is 0 Å². The first-order valence-electron chi connectivity index (χ1n) is 5.87.